The van der Waals surface area contributed by atoms with Crippen molar-refractivity contribution in [2.24, 2.45) is 0 Å². The van der Waals surface area contributed by atoms with Crippen LogP contribution in [0.5, 0.6) is 0 Å². The second-order valence-corrected chi connectivity index (χ2v) is 5.98. The summed E-state index contributed by atoms with van der Waals surface area (Å²) in [6.45, 7) is 2.78. The van der Waals surface area contributed by atoms with Crippen LogP contribution in [0.1, 0.15) is 43.1 Å². The van der Waals surface area contributed by atoms with Gasteiger partial charge in [0.2, 0.25) is 0 Å². The van der Waals surface area contributed by atoms with Gasteiger partial charge in [-0.15, -0.1) is 0 Å². The molecule has 112 valence electrons. The molecule has 4 nitrogen and oxygen atoms in total. The lowest BCUT2D eigenvalue weighted by molar-refractivity contribution is 0.0675. The molecule has 5 heteroatoms. The van der Waals surface area contributed by atoms with Crippen molar-refractivity contribution in [1.29, 1.82) is 0 Å². The molecule has 0 unspecified atom stereocenters. The molecule has 0 atom stereocenters. The molecule has 0 aliphatic heterocycles. The monoisotopic (exact) mass is 297 g/mol. The van der Waals surface area contributed by atoms with E-state index in [4.69, 9.17) is 11.6 Å². The third-order valence-electron chi connectivity index (χ3n) is 4.40. The van der Waals surface area contributed by atoms with Gasteiger partial charge >= 0.3 is 0 Å². The highest BCUT2D eigenvalue weighted by Crippen LogP contribution is 2.24. The average molecular weight is 298 g/mol. The normalized spacial score (nSPS) is 22.8. The van der Waals surface area contributed by atoms with Crippen LogP contribution in [0.3, 0.4) is 0 Å². The van der Waals surface area contributed by atoms with E-state index in [1.807, 2.05) is 36.7 Å². The van der Waals surface area contributed by atoms with Gasteiger partial charge < -0.3 is 14.8 Å². The number of carbonyl (C=O) groups excluding carboxylic acids is 1. The lowest BCUT2D eigenvalue weighted by Crippen LogP contribution is -2.43. The molecule has 1 heterocycles. The largest absolute Gasteiger partial charge is 0.342 e. The maximum atomic E-state index is 12.6. The van der Waals surface area contributed by atoms with Crippen molar-refractivity contribution in [2.45, 2.75) is 51.2 Å². The van der Waals surface area contributed by atoms with Gasteiger partial charge in [0.1, 0.15) is 5.69 Å². The molecule has 1 aromatic heterocycles. The zero-order valence-electron chi connectivity index (χ0n) is 12.5. The van der Waals surface area contributed by atoms with E-state index in [0.29, 0.717) is 22.8 Å². The smallest absolute Gasteiger partial charge is 0.270 e. The van der Waals surface area contributed by atoms with E-state index in [2.05, 4.69) is 5.32 Å². The number of hydrogen-bond acceptors (Lipinski definition) is 2. The number of halogens is 1. The van der Waals surface area contributed by atoms with Gasteiger partial charge in [0, 0.05) is 31.9 Å². The quantitative estimate of drug-likeness (QED) is 0.928. The maximum Gasteiger partial charge on any atom is 0.270 e. The molecular weight excluding hydrogens is 274 g/mol. The summed E-state index contributed by atoms with van der Waals surface area (Å²) < 4.78 is 1.92. The molecule has 1 aliphatic rings. The number of nitrogens with one attached hydrogen (secondary N) is 1. The van der Waals surface area contributed by atoms with Gasteiger partial charge in [0.05, 0.1) is 5.02 Å². The zero-order chi connectivity index (χ0) is 14.7. The van der Waals surface area contributed by atoms with E-state index in [1.54, 1.807) is 6.07 Å². The number of hydrogen-bond donors (Lipinski definition) is 1. The van der Waals surface area contributed by atoms with Crippen molar-refractivity contribution < 1.29 is 4.79 Å². The molecular formula is C15H24ClN3O. The fraction of sp³-hybridized carbons (Fsp3) is 0.667. The Morgan fingerprint density at radius 3 is 2.65 bits per heavy atom. The standard InChI is InChI=1S/C15H24ClN3O/c1-4-19-10-11(16)9-14(19)15(20)18(3)13-7-5-12(17-2)6-8-13/h9-10,12-13,17H,4-8H2,1-3H3. The molecule has 1 saturated carbocycles. The summed E-state index contributed by atoms with van der Waals surface area (Å²) in [7, 11) is 3.92. The van der Waals surface area contributed by atoms with Gasteiger partial charge in [0.25, 0.3) is 5.91 Å². The minimum atomic E-state index is 0.0756. The zero-order valence-corrected chi connectivity index (χ0v) is 13.3. The first kappa shape index (κ1) is 15.4. The Labute approximate surface area is 126 Å². The average Bonchev–Trinajstić information content (AvgIpc) is 2.87. The molecule has 1 N–H and O–H groups in total. The summed E-state index contributed by atoms with van der Waals surface area (Å²) >= 11 is 6.02. The number of nitrogens with zero attached hydrogens (tertiary/aromatic N) is 2. The first-order chi connectivity index (χ1) is 9.56. The molecule has 0 aromatic carbocycles. The Hall–Kier alpha value is -1.00. The van der Waals surface area contributed by atoms with Gasteiger partial charge in [0.15, 0.2) is 0 Å². The van der Waals surface area contributed by atoms with Crippen LogP contribution in [0.25, 0.3) is 0 Å². The second kappa shape index (κ2) is 6.64. The molecule has 0 saturated heterocycles. The third kappa shape index (κ3) is 3.18. The van der Waals surface area contributed by atoms with E-state index in [-0.39, 0.29) is 5.91 Å². The molecule has 1 amide bonds. The van der Waals surface area contributed by atoms with Gasteiger partial charge in [-0.2, -0.15) is 0 Å². The van der Waals surface area contributed by atoms with Crippen LogP contribution in [0.4, 0.5) is 0 Å². The lowest BCUT2D eigenvalue weighted by Gasteiger charge is -2.34. The van der Waals surface area contributed by atoms with E-state index in [9.17, 15) is 4.79 Å². The van der Waals surface area contributed by atoms with Crippen molar-refractivity contribution in [1.82, 2.24) is 14.8 Å². The Morgan fingerprint density at radius 1 is 1.45 bits per heavy atom. The molecule has 2 rings (SSSR count). The maximum absolute atomic E-state index is 12.6. The number of amides is 1. The summed E-state index contributed by atoms with van der Waals surface area (Å²) in [4.78, 5) is 14.5. The van der Waals surface area contributed by atoms with Gasteiger partial charge in [-0.25, -0.2) is 0 Å². The fourth-order valence-corrected chi connectivity index (χ4v) is 3.23. The van der Waals surface area contributed by atoms with Gasteiger partial charge in [-0.1, -0.05) is 11.6 Å². The summed E-state index contributed by atoms with van der Waals surface area (Å²) in [5.41, 5.74) is 0.690. The van der Waals surface area contributed by atoms with Crippen LogP contribution >= 0.6 is 11.6 Å². The molecule has 0 spiro atoms. The number of aromatic nitrogens is 1. The van der Waals surface area contributed by atoms with Crippen LogP contribution in [0, 0.1) is 0 Å². The van der Waals surface area contributed by atoms with Crippen LogP contribution in [-0.2, 0) is 6.54 Å². The Balaban J connectivity index is 2.05. The van der Waals surface area contributed by atoms with Crippen LogP contribution in [-0.4, -0.2) is 41.6 Å². The highest BCUT2D eigenvalue weighted by atomic mass is 35.5. The van der Waals surface area contributed by atoms with E-state index < -0.39 is 0 Å². The highest BCUT2D eigenvalue weighted by Gasteiger charge is 2.27. The topological polar surface area (TPSA) is 37.3 Å². The lowest BCUT2D eigenvalue weighted by atomic mass is 9.90. The van der Waals surface area contributed by atoms with Crippen LogP contribution in [0.15, 0.2) is 12.3 Å². The van der Waals surface area contributed by atoms with Crippen molar-refractivity contribution in [3.8, 4) is 0 Å². The van der Waals surface area contributed by atoms with Crippen molar-refractivity contribution in [3.05, 3.63) is 23.0 Å². The molecule has 20 heavy (non-hydrogen) atoms. The van der Waals surface area contributed by atoms with E-state index >= 15 is 0 Å². The molecule has 0 bridgehead atoms. The predicted molar refractivity (Wildman–Crippen MR) is 82.3 cm³/mol. The summed E-state index contributed by atoms with van der Waals surface area (Å²) in [5.74, 6) is 0.0756. The third-order valence-corrected chi connectivity index (χ3v) is 4.60. The number of rotatable bonds is 4. The minimum Gasteiger partial charge on any atom is -0.342 e. The van der Waals surface area contributed by atoms with E-state index in [0.717, 1.165) is 32.2 Å². The first-order valence-electron chi connectivity index (χ1n) is 7.36. The highest BCUT2D eigenvalue weighted by molar-refractivity contribution is 6.31. The molecule has 0 radical (unpaired) electrons. The van der Waals surface area contributed by atoms with Crippen molar-refractivity contribution in [3.63, 3.8) is 0 Å². The number of aryl methyl sites for hydroxylation is 1. The number of carbonyl (C=O) groups is 1. The molecule has 1 fully saturated rings. The van der Waals surface area contributed by atoms with Crippen molar-refractivity contribution >= 4 is 17.5 Å². The summed E-state index contributed by atoms with van der Waals surface area (Å²) in [5, 5.41) is 3.95. The minimum absolute atomic E-state index is 0.0756. The Kier molecular flexibility index (Phi) is 5.11. The summed E-state index contributed by atoms with van der Waals surface area (Å²) in [6, 6.07) is 2.71. The SMILES string of the molecule is CCn1cc(Cl)cc1C(=O)N(C)C1CCC(NC)CC1. The molecule has 1 aromatic rings. The Bertz CT molecular complexity index is 464. The van der Waals surface area contributed by atoms with Crippen LogP contribution < -0.4 is 5.32 Å². The first-order valence-corrected chi connectivity index (χ1v) is 7.74. The fourth-order valence-electron chi connectivity index (χ4n) is 3.01. The van der Waals surface area contributed by atoms with Crippen molar-refractivity contribution in [2.75, 3.05) is 14.1 Å². The van der Waals surface area contributed by atoms with Crippen LogP contribution in [0.2, 0.25) is 5.02 Å². The second-order valence-electron chi connectivity index (χ2n) is 5.54. The summed E-state index contributed by atoms with van der Waals surface area (Å²) in [6.07, 6.45) is 6.21. The van der Waals surface area contributed by atoms with E-state index in [1.165, 1.54) is 0 Å². The van der Waals surface area contributed by atoms with Gasteiger partial charge in [-0.3, -0.25) is 4.79 Å². The predicted octanol–water partition coefficient (Wildman–Crippen LogP) is 2.76. The van der Waals surface area contributed by atoms with Gasteiger partial charge in [-0.05, 0) is 45.7 Å². The molecule has 1 aliphatic carbocycles. The Morgan fingerprint density at radius 2 is 2.10 bits per heavy atom.